The van der Waals surface area contributed by atoms with Crippen LogP contribution < -0.4 is 10.6 Å². The van der Waals surface area contributed by atoms with Crippen LogP contribution >= 0.6 is 0 Å². The van der Waals surface area contributed by atoms with Gasteiger partial charge in [-0.2, -0.15) is 0 Å². The number of nitrogens with one attached hydrogen (secondary N) is 2. The quantitative estimate of drug-likeness (QED) is 0.625. The normalized spacial score (nSPS) is 15.8. The van der Waals surface area contributed by atoms with E-state index in [2.05, 4.69) is 10.6 Å². The Morgan fingerprint density at radius 1 is 1.15 bits per heavy atom. The van der Waals surface area contributed by atoms with Crippen LogP contribution in [0.5, 0.6) is 0 Å². The molecule has 0 spiro atoms. The molecule has 1 saturated carbocycles. The van der Waals surface area contributed by atoms with E-state index in [1.165, 1.54) is 0 Å². The highest BCUT2D eigenvalue weighted by atomic mass is 16.5. The second-order valence-electron chi connectivity index (χ2n) is 7.01. The van der Waals surface area contributed by atoms with Crippen molar-refractivity contribution in [2.24, 2.45) is 11.8 Å². The Morgan fingerprint density at radius 2 is 1.81 bits per heavy atom. The van der Waals surface area contributed by atoms with E-state index in [0.29, 0.717) is 12.3 Å². The average Bonchev–Trinajstić information content (AvgIpc) is 3.41. The molecule has 7 heteroatoms. The third kappa shape index (κ3) is 6.38. The minimum Gasteiger partial charge on any atom is -0.480 e. The molecule has 0 bridgehead atoms. The van der Waals surface area contributed by atoms with E-state index in [-0.39, 0.29) is 12.5 Å². The Morgan fingerprint density at radius 3 is 2.35 bits per heavy atom. The lowest BCUT2D eigenvalue weighted by Crippen LogP contribution is -2.53. The van der Waals surface area contributed by atoms with Gasteiger partial charge in [0.15, 0.2) is 0 Å². The van der Waals surface area contributed by atoms with Gasteiger partial charge in [-0.15, -0.1) is 0 Å². The lowest BCUT2D eigenvalue weighted by molar-refractivity contribution is -0.142. The van der Waals surface area contributed by atoms with Crippen LogP contribution in [0.15, 0.2) is 30.3 Å². The summed E-state index contributed by atoms with van der Waals surface area (Å²) >= 11 is 0. The van der Waals surface area contributed by atoms with Gasteiger partial charge < -0.3 is 20.5 Å². The highest BCUT2D eigenvalue weighted by Gasteiger charge is 2.33. The number of ether oxygens (including phenoxy) is 1. The van der Waals surface area contributed by atoms with Gasteiger partial charge in [-0.25, -0.2) is 9.59 Å². The zero-order valence-electron chi connectivity index (χ0n) is 15.1. The molecule has 26 heavy (non-hydrogen) atoms. The number of carboxylic acids is 1. The van der Waals surface area contributed by atoms with E-state index in [4.69, 9.17) is 4.74 Å². The van der Waals surface area contributed by atoms with E-state index in [1.54, 1.807) is 13.8 Å². The summed E-state index contributed by atoms with van der Waals surface area (Å²) < 4.78 is 5.14. The molecular weight excluding hydrogens is 336 g/mol. The first-order valence-corrected chi connectivity index (χ1v) is 8.87. The number of carboxylic acid groups (broad SMARTS) is 1. The summed E-state index contributed by atoms with van der Waals surface area (Å²) in [6.45, 7) is 3.65. The molecule has 0 radical (unpaired) electrons. The molecule has 2 amide bonds. The molecule has 0 aromatic heterocycles. The van der Waals surface area contributed by atoms with Crippen molar-refractivity contribution in [3.63, 3.8) is 0 Å². The van der Waals surface area contributed by atoms with Crippen molar-refractivity contribution in [3.8, 4) is 0 Å². The predicted molar refractivity (Wildman–Crippen MR) is 95.3 cm³/mol. The van der Waals surface area contributed by atoms with Gasteiger partial charge in [-0.3, -0.25) is 4.79 Å². The van der Waals surface area contributed by atoms with Gasteiger partial charge in [-0.05, 0) is 23.8 Å². The van der Waals surface area contributed by atoms with Crippen LogP contribution in [0.4, 0.5) is 4.79 Å². The van der Waals surface area contributed by atoms with Crippen molar-refractivity contribution in [1.29, 1.82) is 0 Å². The van der Waals surface area contributed by atoms with Crippen molar-refractivity contribution >= 4 is 18.0 Å². The van der Waals surface area contributed by atoms with Crippen molar-refractivity contribution in [2.75, 3.05) is 0 Å². The van der Waals surface area contributed by atoms with Gasteiger partial charge >= 0.3 is 12.1 Å². The first-order valence-electron chi connectivity index (χ1n) is 8.87. The number of hydrogen-bond donors (Lipinski definition) is 3. The van der Waals surface area contributed by atoms with Gasteiger partial charge in [-0.1, -0.05) is 57.0 Å². The molecule has 0 aliphatic heterocycles. The fourth-order valence-corrected chi connectivity index (χ4v) is 2.60. The Kier molecular flexibility index (Phi) is 7.00. The average molecular weight is 362 g/mol. The first kappa shape index (κ1) is 19.8. The van der Waals surface area contributed by atoms with Crippen molar-refractivity contribution in [1.82, 2.24) is 10.6 Å². The van der Waals surface area contributed by atoms with Crippen LogP contribution in [0, 0.1) is 11.8 Å². The molecule has 2 atom stereocenters. The minimum atomic E-state index is -1.06. The zero-order chi connectivity index (χ0) is 19.1. The molecule has 1 aromatic rings. The van der Waals surface area contributed by atoms with Crippen LogP contribution in [0.1, 0.15) is 38.7 Å². The number of hydrogen-bond acceptors (Lipinski definition) is 4. The highest BCUT2D eigenvalue weighted by molar-refractivity contribution is 5.89. The highest BCUT2D eigenvalue weighted by Crippen LogP contribution is 2.33. The molecule has 3 N–H and O–H groups in total. The van der Waals surface area contributed by atoms with Gasteiger partial charge in [0.1, 0.15) is 18.7 Å². The second kappa shape index (κ2) is 9.22. The molecule has 0 saturated heterocycles. The summed E-state index contributed by atoms with van der Waals surface area (Å²) in [6.07, 6.45) is 1.70. The fraction of sp³-hybridized carbons (Fsp3) is 0.526. The van der Waals surface area contributed by atoms with Crippen LogP contribution in [0.25, 0.3) is 0 Å². The van der Waals surface area contributed by atoms with Crippen LogP contribution in [0.2, 0.25) is 0 Å². The topological polar surface area (TPSA) is 105 Å². The number of alkyl carbamates (subject to hydrolysis) is 1. The summed E-state index contributed by atoms with van der Waals surface area (Å²) in [5.74, 6) is -1.42. The molecule has 7 nitrogen and oxygen atoms in total. The summed E-state index contributed by atoms with van der Waals surface area (Å²) in [5.41, 5.74) is 0.837. The molecule has 1 aliphatic rings. The summed E-state index contributed by atoms with van der Waals surface area (Å²) in [7, 11) is 0. The molecule has 2 rings (SSSR count). The maximum atomic E-state index is 12.5. The fourth-order valence-electron chi connectivity index (χ4n) is 2.60. The lowest BCUT2D eigenvalue weighted by atomic mass is 10.0. The number of amides is 2. The van der Waals surface area contributed by atoms with Crippen LogP contribution in [0.3, 0.4) is 0 Å². The molecule has 0 unspecified atom stereocenters. The minimum absolute atomic E-state index is 0.0958. The number of aliphatic carboxylic acids is 1. The Bertz CT molecular complexity index is 628. The predicted octanol–water partition coefficient (Wildman–Crippen LogP) is 2.31. The van der Waals surface area contributed by atoms with Gasteiger partial charge in [0.2, 0.25) is 5.91 Å². The first-order chi connectivity index (χ1) is 12.4. The van der Waals surface area contributed by atoms with Crippen LogP contribution in [-0.4, -0.2) is 35.2 Å². The van der Waals surface area contributed by atoms with E-state index in [9.17, 15) is 19.5 Å². The zero-order valence-corrected chi connectivity index (χ0v) is 15.1. The maximum absolute atomic E-state index is 12.5. The summed E-state index contributed by atoms with van der Waals surface area (Å²) in [5, 5.41) is 14.4. The molecule has 1 aromatic carbocycles. The van der Waals surface area contributed by atoms with Crippen molar-refractivity contribution < 1.29 is 24.2 Å². The Balaban J connectivity index is 1.88. The summed E-state index contributed by atoms with van der Waals surface area (Å²) in [6, 6.07) is 7.41. The van der Waals surface area contributed by atoms with Crippen LogP contribution in [-0.2, 0) is 20.9 Å². The molecule has 1 fully saturated rings. The number of carbonyl (C=O) groups is 3. The van der Waals surface area contributed by atoms with E-state index in [1.807, 2.05) is 30.3 Å². The smallest absolute Gasteiger partial charge is 0.408 e. The van der Waals surface area contributed by atoms with Crippen molar-refractivity contribution in [3.05, 3.63) is 35.9 Å². The number of rotatable bonds is 9. The molecule has 1 aliphatic carbocycles. The molecular formula is C19H26N2O5. The van der Waals surface area contributed by atoms with Gasteiger partial charge in [0.25, 0.3) is 0 Å². The SMILES string of the molecule is CC(C)[C@H](NC(=O)OCc1ccccc1)C(=O)N[C@@H](CC1CC1)C(=O)O. The third-order valence-corrected chi connectivity index (χ3v) is 4.32. The number of benzene rings is 1. The Labute approximate surface area is 153 Å². The van der Waals surface area contributed by atoms with E-state index in [0.717, 1.165) is 18.4 Å². The number of carbonyl (C=O) groups excluding carboxylic acids is 2. The molecule has 142 valence electrons. The Hall–Kier alpha value is -2.57. The van der Waals surface area contributed by atoms with Crippen molar-refractivity contribution in [2.45, 2.75) is 51.8 Å². The molecule has 0 heterocycles. The summed E-state index contributed by atoms with van der Waals surface area (Å²) in [4.78, 5) is 35.8. The van der Waals surface area contributed by atoms with E-state index >= 15 is 0 Å². The third-order valence-electron chi connectivity index (χ3n) is 4.32. The van der Waals surface area contributed by atoms with E-state index < -0.39 is 30.1 Å². The standard InChI is InChI=1S/C19H26N2O5/c1-12(2)16(17(22)20-15(18(23)24)10-13-8-9-13)21-19(25)26-11-14-6-4-3-5-7-14/h3-7,12-13,15-16H,8-11H2,1-2H3,(H,20,22)(H,21,25)(H,23,24)/t15-,16-/m0/s1. The van der Waals surface area contributed by atoms with Gasteiger partial charge in [0, 0.05) is 0 Å². The van der Waals surface area contributed by atoms with Gasteiger partial charge in [0.05, 0.1) is 0 Å². The lowest BCUT2D eigenvalue weighted by Gasteiger charge is -2.23. The maximum Gasteiger partial charge on any atom is 0.408 e. The monoisotopic (exact) mass is 362 g/mol. The largest absolute Gasteiger partial charge is 0.480 e. The second-order valence-corrected chi connectivity index (χ2v) is 7.01.